The van der Waals surface area contributed by atoms with Crippen LogP contribution in [0.1, 0.15) is 19.3 Å². The number of ether oxygens (including phenoxy) is 1. The van der Waals surface area contributed by atoms with E-state index in [4.69, 9.17) is 4.74 Å². The third kappa shape index (κ3) is 2.36. The number of quaternary nitrogens is 1. The van der Waals surface area contributed by atoms with Gasteiger partial charge in [0, 0.05) is 30.0 Å². The van der Waals surface area contributed by atoms with Gasteiger partial charge in [-0.3, -0.25) is 19.3 Å². The summed E-state index contributed by atoms with van der Waals surface area (Å²) in [7, 11) is 0. The maximum Gasteiger partial charge on any atom is 0.305 e. The third-order valence-corrected chi connectivity index (χ3v) is 8.31. The summed E-state index contributed by atoms with van der Waals surface area (Å²) < 4.78 is 6.01. The lowest BCUT2D eigenvalue weighted by Crippen LogP contribution is -3.04. The Morgan fingerprint density at radius 3 is 2.97 bits per heavy atom. The molecule has 0 aromatic heterocycles. The third-order valence-electron chi connectivity index (χ3n) is 8.31. The quantitative estimate of drug-likeness (QED) is 0.183. The van der Waals surface area contributed by atoms with Crippen LogP contribution in [0.2, 0.25) is 0 Å². The Kier molecular flexibility index (Phi) is 3.95. The number of carboxylic acids is 1. The van der Waals surface area contributed by atoms with Crippen LogP contribution in [-0.2, 0) is 19.1 Å². The number of carbonyl (C=O) groups excluding carboxylic acids is 2. The molecule has 3 saturated heterocycles. The molecule has 10 nitrogen and oxygen atoms in total. The number of fused-ring (bicyclic) bond motifs is 2. The number of nitrogens with zero attached hydrogens (tertiary/aromatic N) is 1. The van der Waals surface area contributed by atoms with Crippen molar-refractivity contribution >= 4 is 17.5 Å². The molecule has 4 aliphatic heterocycles. The van der Waals surface area contributed by atoms with Crippen LogP contribution in [0.4, 0.5) is 0 Å². The normalized spacial score (nSPS) is 41.7. The Morgan fingerprint density at radius 1 is 1.42 bits per heavy atom. The van der Waals surface area contributed by atoms with E-state index in [0.717, 1.165) is 25.9 Å². The maximum absolute atomic E-state index is 12.5. The van der Waals surface area contributed by atoms with Crippen molar-refractivity contribution in [1.29, 1.82) is 0 Å². The lowest BCUT2D eigenvalue weighted by molar-refractivity contribution is -1.01. The minimum atomic E-state index is -1.42. The van der Waals surface area contributed by atoms with Gasteiger partial charge in [0.1, 0.15) is 5.70 Å². The lowest BCUT2D eigenvalue weighted by atomic mass is 9.54. The van der Waals surface area contributed by atoms with Crippen molar-refractivity contribution in [3.8, 4) is 0 Å². The summed E-state index contributed by atoms with van der Waals surface area (Å²) in [6, 6.07) is -0.200. The molecule has 7 atom stereocenters. The van der Waals surface area contributed by atoms with E-state index in [1.807, 2.05) is 0 Å². The van der Waals surface area contributed by atoms with Crippen LogP contribution in [0, 0.1) is 22.5 Å². The molecule has 4 heterocycles. The molecule has 6 aliphatic rings. The summed E-state index contributed by atoms with van der Waals surface area (Å²) >= 11 is 0. The molecule has 0 aromatic rings. The highest BCUT2D eigenvalue weighted by Crippen LogP contribution is 2.64. The summed E-state index contributed by atoms with van der Waals surface area (Å²) in [5.41, 5.74) is 1.05. The molecule has 7 unspecified atom stereocenters. The molecule has 4 N–H and O–H groups in total. The molecule has 1 saturated carbocycles. The van der Waals surface area contributed by atoms with Gasteiger partial charge in [0.2, 0.25) is 11.5 Å². The maximum atomic E-state index is 12.5. The summed E-state index contributed by atoms with van der Waals surface area (Å²) in [5, 5.41) is 33.1. The number of hydroxylamine groups is 2. The number of carboxylic acid groups (broad SMARTS) is 1. The number of aliphatic carboxylic acids is 1. The number of hydrogen-bond donors (Lipinski definition) is 4. The second-order valence-electron chi connectivity index (χ2n) is 9.37. The van der Waals surface area contributed by atoms with E-state index in [-0.39, 0.29) is 36.0 Å². The zero-order chi connectivity index (χ0) is 21.7. The van der Waals surface area contributed by atoms with E-state index >= 15 is 0 Å². The van der Waals surface area contributed by atoms with E-state index in [9.17, 15) is 29.9 Å². The Labute approximate surface area is 177 Å². The zero-order valence-corrected chi connectivity index (χ0v) is 16.7. The Bertz CT molecular complexity index is 1010. The lowest BCUT2D eigenvalue weighted by Gasteiger charge is -2.55. The molecular weight excluding hydrogens is 406 g/mol. The fraction of sp³-hybridized carbons (Fsp3) is 0.571. The summed E-state index contributed by atoms with van der Waals surface area (Å²) in [6.07, 6.45) is 4.23. The molecule has 164 valence electrons. The predicted molar refractivity (Wildman–Crippen MR) is 102 cm³/mol. The molecule has 1 spiro atoms. The van der Waals surface area contributed by atoms with Crippen LogP contribution < -0.4 is 10.5 Å². The average molecular weight is 429 g/mol. The number of allylic oxidation sites excluding steroid dienone is 3. The van der Waals surface area contributed by atoms with Crippen molar-refractivity contribution in [2.75, 3.05) is 19.7 Å². The first-order valence-electron chi connectivity index (χ1n) is 10.6. The number of carbonyl (C=O) groups is 3. The highest BCUT2D eigenvalue weighted by molar-refractivity contribution is 6.48. The minimum Gasteiger partial charge on any atom is -0.595 e. The second kappa shape index (κ2) is 6.33. The van der Waals surface area contributed by atoms with Gasteiger partial charge in [0.15, 0.2) is 0 Å². The number of ketones is 2. The molecule has 2 bridgehead atoms. The van der Waals surface area contributed by atoms with Crippen molar-refractivity contribution in [2.24, 2.45) is 17.3 Å². The second-order valence-corrected chi connectivity index (χ2v) is 9.37. The standard InChI is InChI=1S/C21H23N3O7/c25-12-6-11-17(18(19(12)28)24(29)30)22-20-16-10-5-14-21(11,20)2-3-23(14)8-9(10)1-4-31-13(16)7-15(26)27/h1,6,10,13-14,16,20,22,24,29H,2-5,7-8H2,(H,26,27). The van der Waals surface area contributed by atoms with Crippen molar-refractivity contribution in [3.05, 3.63) is 39.9 Å². The van der Waals surface area contributed by atoms with Crippen molar-refractivity contribution in [1.82, 2.24) is 10.2 Å². The molecule has 0 aromatic carbocycles. The molecule has 31 heavy (non-hydrogen) atoms. The van der Waals surface area contributed by atoms with Gasteiger partial charge in [-0.05, 0) is 37.0 Å². The summed E-state index contributed by atoms with van der Waals surface area (Å²) in [6.45, 7) is 1.93. The Balaban J connectivity index is 1.56. The van der Waals surface area contributed by atoms with Crippen LogP contribution in [-0.4, -0.2) is 70.6 Å². The number of hydrogen-bond acceptors (Lipinski definition) is 8. The number of rotatable bonds is 3. The minimum absolute atomic E-state index is 0.103. The molecule has 10 heteroatoms. The first-order chi connectivity index (χ1) is 14.8. The van der Waals surface area contributed by atoms with Gasteiger partial charge in [-0.1, -0.05) is 11.6 Å². The van der Waals surface area contributed by atoms with Crippen LogP contribution in [0.25, 0.3) is 0 Å². The fourth-order valence-electron chi connectivity index (χ4n) is 7.28. The van der Waals surface area contributed by atoms with Gasteiger partial charge >= 0.3 is 5.97 Å². The van der Waals surface area contributed by atoms with Gasteiger partial charge in [-0.2, -0.15) is 5.23 Å². The summed E-state index contributed by atoms with van der Waals surface area (Å²) in [5.74, 6) is -2.83. The van der Waals surface area contributed by atoms with E-state index in [2.05, 4.69) is 16.3 Å². The summed E-state index contributed by atoms with van der Waals surface area (Å²) in [4.78, 5) is 38.9. The van der Waals surface area contributed by atoms with Gasteiger partial charge in [0.25, 0.3) is 5.78 Å². The van der Waals surface area contributed by atoms with Crippen LogP contribution in [0.3, 0.4) is 0 Å². The van der Waals surface area contributed by atoms with Crippen LogP contribution in [0.15, 0.2) is 34.7 Å². The zero-order valence-electron chi connectivity index (χ0n) is 16.7. The molecule has 4 fully saturated rings. The monoisotopic (exact) mass is 429 g/mol. The average Bonchev–Trinajstić information content (AvgIpc) is 3.18. The number of Topliss-reactive ketones (excluding diaryl/α,β-unsaturated/α-hetero) is 1. The fourth-order valence-corrected chi connectivity index (χ4v) is 7.28. The van der Waals surface area contributed by atoms with Gasteiger partial charge in [-0.15, -0.1) is 0 Å². The van der Waals surface area contributed by atoms with Gasteiger partial charge < -0.3 is 20.4 Å². The highest BCUT2D eigenvalue weighted by Gasteiger charge is 2.69. The van der Waals surface area contributed by atoms with Gasteiger partial charge in [0.05, 0.1) is 19.1 Å². The van der Waals surface area contributed by atoms with E-state index in [1.165, 1.54) is 11.6 Å². The van der Waals surface area contributed by atoms with Gasteiger partial charge in [-0.25, -0.2) is 5.21 Å². The molecule has 0 radical (unpaired) electrons. The Hall–Kier alpha value is -2.37. The van der Waals surface area contributed by atoms with Crippen LogP contribution >= 0.6 is 0 Å². The predicted octanol–water partition coefficient (Wildman–Crippen LogP) is -1.47. The molecule has 6 rings (SSSR count). The SMILES string of the molecule is O=C(O)CC1OCC=C2CN3CCC45C6=CC(=O)C(=O)C([NH+]([O-])O)=C6NC4C1C2CC35. The van der Waals surface area contributed by atoms with Crippen molar-refractivity contribution < 1.29 is 34.7 Å². The first kappa shape index (κ1) is 19.3. The largest absolute Gasteiger partial charge is 0.595 e. The van der Waals surface area contributed by atoms with E-state index in [0.29, 0.717) is 12.2 Å². The molecular formula is C21H23N3O7. The Morgan fingerprint density at radius 2 is 2.23 bits per heavy atom. The number of piperidine rings is 1. The van der Waals surface area contributed by atoms with Crippen LogP contribution in [0.5, 0.6) is 0 Å². The topological polar surface area (TPSA) is 144 Å². The number of nitrogens with one attached hydrogen (secondary N) is 2. The molecule has 0 amide bonds. The highest BCUT2D eigenvalue weighted by atomic mass is 16.8. The van der Waals surface area contributed by atoms with Crippen molar-refractivity contribution in [3.63, 3.8) is 0 Å². The first-order valence-corrected chi connectivity index (χ1v) is 10.6. The van der Waals surface area contributed by atoms with E-state index in [1.54, 1.807) is 0 Å². The van der Waals surface area contributed by atoms with Crippen molar-refractivity contribution in [2.45, 2.75) is 37.5 Å². The molecule has 2 aliphatic carbocycles. The smallest absolute Gasteiger partial charge is 0.305 e. The van der Waals surface area contributed by atoms with E-state index < -0.39 is 40.0 Å².